The fourth-order valence-electron chi connectivity index (χ4n) is 4.03. The van der Waals surface area contributed by atoms with Gasteiger partial charge in [0.1, 0.15) is 0 Å². The number of rotatable bonds is 5. The lowest BCUT2D eigenvalue weighted by Crippen LogP contribution is -2.35. The summed E-state index contributed by atoms with van der Waals surface area (Å²) in [5.74, 6) is 1.14. The number of nitrogens with one attached hydrogen (secondary N) is 1. The Balaban J connectivity index is 1.76. The van der Waals surface area contributed by atoms with Crippen molar-refractivity contribution < 1.29 is 8.42 Å². The fourth-order valence-corrected chi connectivity index (χ4v) is 5.12. The summed E-state index contributed by atoms with van der Waals surface area (Å²) in [5.41, 5.74) is 4.49. The average molecular weight is 307 g/mol. The van der Waals surface area contributed by atoms with Gasteiger partial charge >= 0.3 is 0 Å². The first-order chi connectivity index (χ1) is 10.00. The van der Waals surface area contributed by atoms with Crippen molar-refractivity contribution in [3.8, 4) is 0 Å². The standard InChI is InChI=1S/C17H25NO2S/c1-3-21(19,20)11-12(2)18-16-10-14-8-4-6-13-7-5-9-15(16)17(13)14/h5,7,9,12,14,16,18H,3-4,6,8,10-11H2,1-2H3/t12-,14+,16+/m0/s1. The first kappa shape index (κ1) is 15.0. The Morgan fingerprint density at radius 1 is 1.38 bits per heavy atom. The van der Waals surface area contributed by atoms with E-state index in [2.05, 4.69) is 23.5 Å². The Morgan fingerprint density at radius 2 is 2.19 bits per heavy atom. The molecule has 1 aromatic rings. The summed E-state index contributed by atoms with van der Waals surface area (Å²) in [6, 6.07) is 6.98. The Bertz CT molecular complexity index is 624. The second-order valence-corrected chi connectivity index (χ2v) is 8.96. The van der Waals surface area contributed by atoms with Crippen molar-refractivity contribution in [1.29, 1.82) is 0 Å². The van der Waals surface area contributed by atoms with Gasteiger partial charge < -0.3 is 5.32 Å². The zero-order valence-corrected chi connectivity index (χ0v) is 13.7. The molecular weight excluding hydrogens is 282 g/mol. The highest BCUT2D eigenvalue weighted by atomic mass is 32.2. The van der Waals surface area contributed by atoms with Crippen molar-refractivity contribution in [2.45, 2.75) is 57.5 Å². The molecule has 0 bridgehead atoms. The first-order valence-electron chi connectivity index (χ1n) is 8.08. The molecule has 2 aliphatic rings. The van der Waals surface area contributed by atoms with Crippen molar-refractivity contribution in [1.82, 2.24) is 5.32 Å². The molecule has 0 unspecified atom stereocenters. The van der Waals surface area contributed by atoms with Gasteiger partial charge in [-0.3, -0.25) is 0 Å². The van der Waals surface area contributed by atoms with E-state index in [0.29, 0.717) is 12.0 Å². The molecule has 0 saturated heterocycles. The lowest BCUT2D eigenvalue weighted by atomic mass is 9.84. The van der Waals surface area contributed by atoms with Crippen LogP contribution >= 0.6 is 0 Å². The van der Waals surface area contributed by atoms with Crippen LogP contribution < -0.4 is 5.32 Å². The molecule has 0 saturated carbocycles. The van der Waals surface area contributed by atoms with E-state index in [-0.39, 0.29) is 17.5 Å². The number of sulfone groups is 1. The largest absolute Gasteiger partial charge is 0.306 e. The van der Waals surface area contributed by atoms with Crippen LogP contribution in [0.2, 0.25) is 0 Å². The highest BCUT2D eigenvalue weighted by Crippen LogP contribution is 2.47. The van der Waals surface area contributed by atoms with E-state index in [1.807, 2.05) is 6.92 Å². The average Bonchev–Trinajstić information content (AvgIpc) is 2.79. The van der Waals surface area contributed by atoms with Crippen LogP contribution in [0.25, 0.3) is 0 Å². The summed E-state index contributed by atoms with van der Waals surface area (Å²) in [6.07, 6.45) is 4.90. The SMILES string of the molecule is CCS(=O)(=O)C[C@H](C)N[C@@H]1C[C@H]2CCCc3cccc1c32. The topological polar surface area (TPSA) is 46.2 Å². The van der Waals surface area contributed by atoms with Gasteiger partial charge in [-0.25, -0.2) is 8.42 Å². The van der Waals surface area contributed by atoms with E-state index in [4.69, 9.17) is 0 Å². The highest BCUT2D eigenvalue weighted by molar-refractivity contribution is 7.91. The Hall–Kier alpha value is -0.870. The molecule has 0 aliphatic heterocycles. The molecule has 1 aromatic carbocycles. The minimum atomic E-state index is -2.92. The fraction of sp³-hybridized carbons (Fsp3) is 0.647. The molecular formula is C17H25NO2S. The van der Waals surface area contributed by atoms with E-state index < -0.39 is 9.84 Å². The second-order valence-electron chi connectivity index (χ2n) is 6.56. The summed E-state index contributed by atoms with van der Waals surface area (Å²) in [6.45, 7) is 3.71. The molecule has 0 spiro atoms. The lowest BCUT2D eigenvalue weighted by molar-refractivity contribution is 0.434. The van der Waals surface area contributed by atoms with Crippen LogP contribution in [0.1, 0.15) is 61.8 Å². The molecule has 2 aliphatic carbocycles. The van der Waals surface area contributed by atoms with Gasteiger partial charge in [0, 0.05) is 17.8 Å². The summed E-state index contributed by atoms with van der Waals surface area (Å²) >= 11 is 0. The van der Waals surface area contributed by atoms with E-state index in [0.717, 1.165) is 6.42 Å². The number of benzene rings is 1. The summed E-state index contributed by atoms with van der Waals surface area (Å²) < 4.78 is 23.5. The maximum Gasteiger partial charge on any atom is 0.151 e. The molecule has 4 heteroatoms. The van der Waals surface area contributed by atoms with Crippen LogP contribution in [0.5, 0.6) is 0 Å². The molecule has 0 aromatic heterocycles. The van der Waals surface area contributed by atoms with Crippen molar-refractivity contribution in [3.05, 3.63) is 34.9 Å². The number of aryl methyl sites for hydroxylation is 1. The second kappa shape index (κ2) is 5.73. The van der Waals surface area contributed by atoms with Gasteiger partial charge in [-0.1, -0.05) is 25.1 Å². The third kappa shape index (κ3) is 3.02. The molecule has 3 atom stereocenters. The van der Waals surface area contributed by atoms with Gasteiger partial charge in [0.25, 0.3) is 0 Å². The van der Waals surface area contributed by atoms with E-state index in [9.17, 15) is 8.42 Å². The van der Waals surface area contributed by atoms with Crippen molar-refractivity contribution in [2.75, 3.05) is 11.5 Å². The van der Waals surface area contributed by atoms with Crippen LogP contribution in [0, 0.1) is 0 Å². The molecule has 0 radical (unpaired) electrons. The highest BCUT2D eigenvalue weighted by Gasteiger charge is 2.35. The zero-order chi connectivity index (χ0) is 15.0. The van der Waals surface area contributed by atoms with Crippen LogP contribution in [-0.2, 0) is 16.3 Å². The smallest absolute Gasteiger partial charge is 0.151 e. The van der Waals surface area contributed by atoms with Gasteiger partial charge in [0.15, 0.2) is 9.84 Å². The maximum absolute atomic E-state index is 11.8. The number of hydrogen-bond acceptors (Lipinski definition) is 3. The Kier molecular flexibility index (Phi) is 4.10. The van der Waals surface area contributed by atoms with E-state index >= 15 is 0 Å². The zero-order valence-electron chi connectivity index (χ0n) is 12.9. The van der Waals surface area contributed by atoms with Crippen molar-refractivity contribution >= 4 is 9.84 Å². The van der Waals surface area contributed by atoms with Crippen molar-refractivity contribution in [3.63, 3.8) is 0 Å². The van der Waals surface area contributed by atoms with Crippen LogP contribution in [0.3, 0.4) is 0 Å². The van der Waals surface area contributed by atoms with Crippen LogP contribution in [0.4, 0.5) is 0 Å². The molecule has 3 nitrogen and oxygen atoms in total. The maximum atomic E-state index is 11.8. The molecule has 116 valence electrons. The van der Waals surface area contributed by atoms with E-state index in [1.165, 1.54) is 30.4 Å². The summed E-state index contributed by atoms with van der Waals surface area (Å²) in [7, 11) is -2.92. The Morgan fingerprint density at radius 3 is 2.95 bits per heavy atom. The minimum absolute atomic E-state index is 0.0101. The van der Waals surface area contributed by atoms with Gasteiger partial charge in [0.05, 0.1) is 5.75 Å². The predicted molar refractivity (Wildman–Crippen MR) is 86.4 cm³/mol. The quantitative estimate of drug-likeness (QED) is 0.909. The third-order valence-corrected chi connectivity index (χ3v) is 6.85. The molecule has 1 N–H and O–H groups in total. The first-order valence-corrected chi connectivity index (χ1v) is 9.90. The van der Waals surface area contributed by atoms with Crippen LogP contribution in [-0.4, -0.2) is 26.0 Å². The monoisotopic (exact) mass is 307 g/mol. The summed E-state index contributed by atoms with van der Waals surface area (Å²) in [4.78, 5) is 0. The third-order valence-electron chi connectivity index (χ3n) is 4.96. The van der Waals surface area contributed by atoms with Gasteiger partial charge in [-0.2, -0.15) is 0 Å². The molecule has 3 rings (SSSR count). The molecule has 0 amide bonds. The molecule has 0 fully saturated rings. The Labute approximate surface area is 128 Å². The lowest BCUT2D eigenvalue weighted by Gasteiger charge is -2.20. The summed E-state index contributed by atoms with van der Waals surface area (Å²) in [5, 5.41) is 3.57. The van der Waals surface area contributed by atoms with Gasteiger partial charge in [0.2, 0.25) is 0 Å². The van der Waals surface area contributed by atoms with Gasteiger partial charge in [-0.05, 0) is 55.2 Å². The molecule has 0 heterocycles. The number of hydrogen-bond donors (Lipinski definition) is 1. The van der Waals surface area contributed by atoms with Crippen molar-refractivity contribution in [2.24, 2.45) is 0 Å². The van der Waals surface area contributed by atoms with Crippen LogP contribution in [0.15, 0.2) is 18.2 Å². The minimum Gasteiger partial charge on any atom is -0.306 e. The van der Waals surface area contributed by atoms with E-state index in [1.54, 1.807) is 12.5 Å². The molecule has 21 heavy (non-hydrogen) atoms. The van der Waals surface area contributed by atoms with Gasteiger partial charge in [-0.15, -0.1) is 0 Å². The normalized spacial score (nSPS) is 25.6. The predicted octanol–water partition coefficient (Wildman–Crippen LogP) is 2.96.